The Kier molecular flexibility index (Phi) is 27.8. The van der Waals surface area contributed by atoms with Crippen molar-refractivity contribution in [2.75, 3.05) is 20.0 Å². The predicted octanol–water partition coefficient (Wildman–Crippen LogP) is 9.60. The first-order valence-corrected chi connectivity index (χ1v) is 13.6. The Hall–Kier alpha value is -0.0800. The molecular formula is C27H56O2. The maximum absolute atomic E-state index is 5.59. The molecule has 0 aliphatic heterocycles. The van der Waals surface area contributed by atoms with Crippen LogP contribution in [-0.4, -0.2) is 20.0 Å². The van der Waals surface area contributed by atoms with Gasteiger partial charge in [0.25, 0.3) is 0 Å². The monoisotopic (exact) mass is 412 g/mol. The quantitative estimate of drug-likeness (QED) is 0.104. The van der Waals surface area contributed by atoms with Crippen molar-refractivity contribution in [3.8, 4) is 0 Å². The zero-order valence-electron chi connectivity index (χ0n) is 20.5. The minimum atomic E-state index is 0.496. The lowest BCUT2D eigenvalue weighted by atomic mass is 10.1. The van der Waals surface area contributed by atoms with Crippen LogP contribution in [0.2, 0.25) is 0 Å². The van der Waals surface area contributed by atoms with Crippen LogP contribution in [0.4, 0.5) is 0 Å². The second-order valence-electron chi connectivity index (χ2n) is 9.01. The lowest BCUT2D eigenvalue weighted by molar-refractivity contribution is -0.0556. The third kappa shape index (κ3) is 27.9. The van der Waals surface area contributed by atoms with Gasteiger partial charge in [-0.15, -0.1) is 0 Å². The summed E-state index contributed by atoms with van der Waals surface area (Å²) in [6.45, 7) is 6.81. The molecule has 0 aliphatic carbocycles. The first kappa shape index (κ1) is 28.9. The molecule has 0 bridgehead atoms. The Bertz CT molecular complexity index is 241. The van der Waals surface area contributed by atoms with E-state index in [0.29, 0.717) is 6.79 Å². The molecule has 0 saturated heterocycles. The molecule has 29 heavy (non-hydrogen) atoms. The van der Waals surface area contributed by atoms with Crippen molar-refractivity contribution in [1.82, 2.24) is 0 Å². The molecule has 2 heteroatoms. The van der Waals surface area contributed by atoms with Crippen LogP contribution in [0.5, 0.6) is 0 Å². The topological polar surface area (TPSA) is 18.5 Å². The number of hydrogen-bond acceptors (Lipinski definition) is 2. The van der Waals surface area contributed by atoms with Crippen molar-refractivity contribution in [3.63, 3.8) is 0 Å². The van der Waals surface area contributed by atoms with Crippen molar-refractivity contribution >= 4 is 0 Å². The Balaban J connectivity index is 2.97. The summed E-state index contributed by atoms with van der Waals surface area (Å²) in [5, 5.41) is 0. The highest BCUT2D eigenvalue weighted by Crippen LogP contribution is 2.12. The fourth-order valence-electron chi connectivity index (χ4n) is 3.91. The van der Waals surface area contributed by atoms with Gasteiger partial charge in [0.05, 0.1) is 0 Å². The van der Waals surface area contributed by atoms with E-state index in [0.717, 1.165) is 13.2 Å². The molecule has 0 aromatic heterocycles. The van der Waals surface area contributed by atoms with Crippen LogP contribution >= 0.6 is 0 Å². The molecule has 0 spiro atoms. The summed E-state index contributed by atoms with van der Waals surface area (Å²) in [4.78, 5) is 0. The molecule has 0 N–H and O–H groups in total. The predicted molar refractivity (Wildman–Crippen MR) is 130 cm³/mol. The Labute approximate surface area is 184 Å². The zero-order valence-corrected chi connectivity index (χ0v) is 20.5. The lowest BCUT2D eigenvalue weighted by Gasteiger charge is -2.06. The van der Waals surface area contributed by atoms with E-state index < -0.39 is 0 Å². The molecule has 0 aliphatic rings. The normalized spacial score (nSPS) is 11.4. The zero-order chi connectivity index (χ0) is 21.1. The first-order valence-electron chi connectivity index (χ1n) is 13.6. The van der Waals surface area contributed by atoms with Gasteiger partial charge in [0.15, 0.2) is 0 Å². The van der Waals surface area contributed by atoms with Crippen LogP contribution in [0.3, 0.4) is 0 Å². The molecule has 0 saturated carbocycles. The summed E-state index contributed by atoms with van der Waals surface area (Å²) in [7, 11) is 0. The molecule has 0 heterocycles. The van der Waals surface area contributed by atoms with Crippen LogP contribution in [0.1, 0.15) is 155 Å². The third-order valence-electron chi connectivity index (χ3n) is 5.95. The van der Waals surface area contributed by atoms with E-state index in [1.807, 2.05) is 0 Å². The highest BCUT2D eigenvalue weighted by atomic mass is 16.7. The van der Waals surface area contributed by atoms with E-state index in [1.54, 1.807) is 0 Å². The van der Waals surface area contributed by atoms with E-state index >= 15 is 0 Å². The summed E-state index contributed by atoms with van der Waals surface area (Å²) in [5.41, 5.74) is 0. The van der Waals surface area contributed by atoms with Crippen molar-refractivity contribution < 1.29 is 9.47 Å². The Morgan fingerprint density at radius 2 is 0.552 bits per heavy atom. The van der Waals surface area contributed by atoms with Crippen molar-refractivity contribution in [2.45, 2.75) is 155 Å². The molecule has 0 aromatic rings. The first-order chi connectivity index (χ1) is 14.4. The van der Waals surface area contributed by atoms with Crippen molar-refractivity contribution in [1.29, 1.82) is 0 Å². The van der Waals surface area contributed by atoms with Crippen LogP contribution in [0.15, 0.2) is 0 Å². The molecule has 2 nitrogen and oxygen atoms in total. The summed E-state index contributed by atoms with van der Waals surface area (Å²) in [5.74, 6) is 0. The van der Waals surface area contributed by atoms with E-state index in [-0.39, 0.29) is 0 Å². The fraction of sp³-hybridized carbons (Fsp3) is 1.00. The smallest absolute Gasteiger partial charge is 0.146 e. The molecule has 176 valence electrons. The van der Waals surface area contributed by atoms with E-state index in [4.69, 9.17) is 9.47 Å². The minimum absolute atomic E-state index is 0.496. The van der Waals surface area contributed by atoms with Gasteiger partial charge in [-0.05, 0) is 12.8 Å². The molecule has 0 radical (unpaired) electrons. The van der Waals surface area contributed by atoms with Crippen LogP contribution in [-0.2, 0) is 9.47 Å². The van der Waals surface area contributed by atoms with E-state index in [1.165, 1.54) is 141 Å². The lowest BCUT2D eigenvalue weighted by Crippen LogP contribution is -2.03. The van der Waals surface area contributed by atoms with Gasteiger partial charge in [-0.2, -0.15) is 0 Å². The van der Waals surface area contributed by atoms with Crippen LogP contribution in [0, 0.1) is 0 Å². The summed E-state index contributed by atoms with van der Waals surface area (Å²) in [6.07, 6.45) is 30.5. The van der Waals surface area contributed by atoms with Crippen molar-refractivity contribution in [3.05, 3.63) is 0 Å². The van der Waals surface area contributed by atoms with Gasteiger partial charge >= 0.3 is 0 Å². The summed E-state index contributed by atoms with van der Waals surface area (Å²) in [6, 6.07) is 0. The van der Waals surface area contributed by atoms with E-state index in [9.17, 15) is 0 Å². The highest BCUT2D eigenvalue weighted by molar-refractivity contribution is 4.49. The van der Waals surface area contributed by atoms with Crippen LogP contribution < -0.4 is 0 Å². The number of unbranched alkanes of at least 4 members (excludes halogenated alkanes) is 20. The third-order valence-corrected chi connectivity index (χ3v) is 5.95. The number of hydrogen-bond donors (Lipinski definition) is 0. The van der Waals surface area contributed by atoms with Crippen LogP contribution in [0.25, 0.3) is 0 Å². The molecule has 0 fully saturated rings. The Morgan fingerprint density at radius 1 is 0.310 bits per heavy atom. The molecule has 0 unspecified atom stereocenters. The Morgan fingerprint density at radius 3 is 0.828 bits per heavy atom. The van der Waals surface area contributed by atoms with Gasteiger partial charge in [-0.25, -0.2) is 0 Å². The molecule has 0 aromatic carbocycles. The largest absolute Gasteiger partial charge is 0.355 e. The second-order valence-corrected chi connectivity index (χ2v) is 9.01. The number of ether oxygens (including phenoxy) is 2. The second kappa shape index (κ2) is 27.9. The van der Waals surface area contributed by atoms with Gasteiger partial charge < -0.3 is 9.47 Å². The summed E-state index contributed by atoms with van der Waals surface area (Å²) >= 11 is 0. The van der Waals surface area contributed by atoms with Crippen molar-refractivity contribution in [2.24, 2.45) is 0 Å². The maximum atomic E-state index is 5.59. The average Bonchev–Trinajstić information content (AvgIpc) is 2.74. The molecule has 0 amide bonds. The summed E-state index contributed by atoms with van der Waals surface area (Å²) < 4.78 is 11.2. The minimum Gasteiger partial charge on any atom is -0.355 e. The maximum Gasteiger partial charge on any atom is 0.146 e. The average molecular weight is 413 g/mol. The van der Waals surface area contributed by atoms with Gasteiger partial charge in [-0.3, -0.25) is 0 Å². The highest BCUT2D eigenvalue weighted by Gasteiger charge is 1.95. The standard InChI is InChI=1S/C27H56O2/c1-3-5-7-9-11-13-15-17-19-21-23-25-28-27-29-26-24-22-20-18-16-14-12-10-8-6-4-2/h3-27H2,1-2H3. The SMILES string of the molecule is CCCCCCCCCCCCCOCOCCCCCCCCCCCCC. The van der Waals surface area contributed by atoms with Gasteiger partial charge in [-0.1, -0.05) is 142 Å². The number of rotatable bonds is 26. The van der Waals surface area contributed by atoms with Gasteiger partial charge in [0.1, 0.15) is 6.79 Å². The van der Waals surface area contributed by atoms with E-state index in [2.05, 4.69) is 13.8 Å². The fourth-order valence-corrected chi connectivity index (χ4v) is 3.91. The van der Waals surface area contributed by atoms with Gasteiger partial charge in [0, 0.05) is 13.2 Å². The molecular weight excluding hydrogens is 356 g/mol. The molecule has 0 atom stereocenters. The van der Waals surface area contributed by atoms with Gasteiger partial charge in [0.2, 0.25) is 0 Å². The molecule has 0 rings (SSSR count).